The summed E-state index contributed by atoms with van der Waals surface area (Å²) in [6, 6.07) is 3.83. The lowest BCUT2D eigenvalue weighted by molar-refractivity contribution is 0.0786. The van der Waals surface area contributed by atoms with Crippen molar-refractivity contribution in [1.82, 2.24) is 9.88 Å². The highest BCUT2D eigenvalue weighted by atomic mass is 79.9. The number of nitrogens with one attached hydrogen (secondary N) is 1. The lowest BCUT2D eigenvalue weighted by Gasteiger charge is -2.18. The van der Waals surface area contributed by atoms with Gasteiger partial charge in [-0.25, -0.2) is 4.98 Å². The minimum atomic E-state index is -0.0536. The van der Waals surface area contributed by atoms with E-state index in [0.717, 1.165) is 20.4 Å². The molecule has 21 heavy (non-hydrogen) atoms. The molecule has 0 unspecified atom stereocenters. The average molecular weight is 433 g/mol. The average Bonchev–Trinajstić information content (AvgIpc) is 2.85. The van der Waals surface area contributed by atoms with Gasteiger partial charge in [-0.05, 0) is 61.9 Å². The zero-order chi connectivity index (χ0) is 15.4. The van der Waals surface area contributed by atoms with Crippen LogP contribution >= 0.6 is 43.2 Å². The zero-order valence-corrected chi connectivity index (χ0v) is 15.7. The predicted molar refractivity (Wildman–Crippen MR) is 93.9 cm³/mol. The standard InChI is InChI=1S/C14H15Br2N3OS/c1-3-17-13-11(5-10(15)6-18-13)14(20)19(2)7-9-4-12(16)21-8-9/h4-6,8H,3,7H2,1-2H3,(H,17,18). The molecular weight excluding hydrogens is 418 g/mol. The van der Waals surface area contributed by atoms with Gasteiger partial charge in [0.1, 0.15) is 5.82 Å². The summed E-state index contributed by atoms with van der Waals surface area (Å²) in [4.78, 5) is 18.6. The minimum absolute atomic E-state index is 0.0536. The topological polar surface area (TPSA) is 45.2 Å². The van der Waals surface area contributed by atoms with Crippen molar-refractivity contribution < 1.29 is 4.79 Å². The van der Waals surface area contributed by atoms with Crippen molar-refractivity contribution in [3.05, 3.63) is 43.1 Å². The second kappa shape index (κ2) is 7.38. The second-order valence-corrected chi connectivity index (χ2v) is 7.71. The highest BCUT2D eigenvalue weighted by Crippen LogP contribution is 2.23. The maximum atomic E-state index is 12.6. The number of rotatable bonds is 5. The van der Waals surface area contributed by atoms with Crippen LogP contribution in [0, 0.1) is 0 Å². The van der Waals surface area contributed by atoms with Gasteiger partial charge in [0.25, 0.3) is 5.91 Å². The fourth-order valence-corrected chi connectivity index (χ4v) is 3.42. The van der Waals surface area contributed by atoms with Crippen molar-refractivity contribution >= 4 is 54.9 Å². The van der Waals surface area contributed by atoms with Gasteiger partial charge in [0.2, 0.25) is 0 Å². The fraction of sp³-hybridized carbons (Fsp3) is 0.286. The first kappa shape index (κ1) is 16.5. The van der Waals surface area contributed by atoms with E-state index < -0.39 is 0 Å². The minimum Gasteiger partial charge on any atom is -0.370 e. The van der Waals surface area contributed by atoms with Crippen molar-refractivity contribution in [2.24, 2.45) is 0 Å². The molecule has 0 aliphatic rings. The van der Waals surface area contributed by atoms with E-state index in [2.05, 4.69) is 42.2 Å². The summed E-state index contributed by atoms with van der Waals surface area (Å²) in [6.45, 7) is 3.26. The molecule has 0 aliphatic heterocycles. The van der Waals surface area contributed by atoms with E-state index in [9.17, 15) is 4.79 Å². The Morgan fingerprint density at radius 2 is 2.19 bits per heavy atom. The van der Waals surface area contributed by atoms with Gasteiger partial charge in [-0.2, -0.15) is 0 Å². The van der Waals surface area contributed by atoms with Crippen LogP contribution in [0.25, 0.3) is 0 Å². The normalized spacial score (nSPS) is 10.5. The van der Waals surface area contributed by atoms with Crippen LogP contribution in [0.3, 0.4) is 0 Å². The number of carbonyl (C=O) groups is 1. The molecule has 0 saturated carbocycles. The highest BCUT2D eigenvalue weighted by Gasteiger charge is 2.18. The maximum absolute atomic E-state index is 12.6. The third kappa shape index (κ3) is 4.28. The summed E-state index contributed by atoms with van der Waals surface area (Å²) in [6.07, 6.45) is 1.69. The van der Waals surface area contributed by atoms with E-state index in [1.54, 1.807) is 35.5 Å². The predicted octanol–water partition coefficient (Wildman–Crippen LogP) is 4.37. The molecule has 2 rings (SSSR count). The summed E-state index contributed by atoms with van der Waals surface area (Å²) in [5.41, 5.74) is 1.68. The molecule has 0 radical (unpaired) electrons. The SMILES string of the molecule is CCNc1ncc(Br)cc1C(=O)N(C)Cc1csc(Br)c1. The van der Waals surface area contributed by atoms with E-state index in [0.29, 0.717) is 17.9 Å². The van der Waals surface area contributed by atoms with Crippen LogP contribution in [-0.4, -0.2) is 29.4 Å². The molecule has 0 fully saturated rings. The Morgan fingerprint density at radius 1 is 1.43 bits per heavy atom. The molecule has 7 heteroatoms. The number of nitrogens with zero attached hydrogens (tertiary/aromatic N) is 2. The van der Waals surface area contributed by atoms with Gasteiger partial charge in [-0.1, -0.05) is 0 Å². The van der Waals surface area contributed by atoms with Crippen molar-refractivity contribution in [1.29, 1.82) is 0 Å². The molecular formula is C14H15Br2N3OS. The number of amides is 1. The molecule has 0 aromatic carbocycles. The van der Waals surface area contributed by atoms with Crippen LogP contribution < -0.4 is 5.32 Å². The second-order valence-electron chi connectivity index (χ2n) is 4.50. The van der Waals surface area contributed by atoms with Crippen molar-refractivity contribution in [3.8, 4) is 0 Å². The largest absolute Gasteiger partial charge is 0.370 e. The van der Waals surface area contributed by atoms with Crippen LogP contribution in [-0.2, 0) is 6.54 Å². The van der Waals surface area contributed by atoms with E-state index in [1.807, 2.05) is 18.4 Å². The molecule has 0 bridgehead atoms. The van der Waals surface area contributed by atoms with Gasteiger partial charge in [0.15, 0.2) is 0 Å². The van der Waals surface area contributed by atoms with Crippen molar-refractivity contribution in [2.45, 2.75) is 13.5 Å². The van der Waals surface area contributed by atoms with Crippen LogP contribution in [0.15, 0.2) is 32.0 Å². The van der Waals surface area contributed by atoms with Crippen LogP contribution in [0.5, 0.6) is 0 Å². The Labute approximate surface area is 144 Å². The zero-order valence-electron chi connectivity index (χ0n) is 11.7. The first-order valence-electron chi connectivity index (χ1n) is 6.39. The molecule has 0 saturated heterocycles. The van der Waals surface area contributed by atoms with Gasteiger partial charge in [0.05, 0.1) is 9.35 Å². The maximum Gasteiger partial charge on any atom is 0.257 e. The number of hydrogen-bond acceptors (Lipinski definition) is 4. The Hall–Kier alpha value is -0.920. The molecule has 4 nitrogen and oxygen atoms in total. The molecule has 2 heterocycles. The molecule has 0 spiro atoms. The summed E-state index contributed by atoms with van der Waals surface area (Å²) in [5.74, 6) is 0.561. The third-order valence-corrected chi connectivity index (χ3v) is 4.80. The molecule has 0 aliphatic carbocycles. The van der Waals surface area contributed by atoms with Gasteiger partial charge in [0, 0.05) is 30.8 Å². The van der Waals surface area contributed by atoms with Gasteiger partial charge in [-0.15, -0.1) is 11.3 Å². The number of anilines is 1. The first-order valence-corrected chi connectivity index (χ1v) is 8.85. The third-order valence-electron chi connectivity index (χ3n) is 2.82. The highest BCUT2D eigenvalue weighted by molar-refractivity contribution is 9.11. The summed E-state index contributed by atoms with van der Waals surface area (Å²) in [7, 11) is 1.80. The number of pyridine rings is 1. The summed E-state index contributed by atoms with van der Waals surface area (Å²) >= 11 is 8.42. The van der Waals surface area contributed by atoms with Crippen LogP contribution in [0.1, 0.15) is 22.8 Å². The Bertz CT molecular complexity index is 645. The van der Waals surface area contributed by atoms with Crippen LogP contribution in [0.2, 0.25) is 0 Å². The number of thiophene rings is 1. The van der Waals surface area contributed by atoms with E-state index >= 15 is 0 Å². The Kier molecular flexibility index (Phi) is 5.78. The first-order chi connectivity index (χ1) is 10.0. The Balaban J connectivity index is 2.20. The quantitative estimate of drug-likeness (QED) is 0.762. The van der Waals surface area contributed by atoms with Gasteiger partial charge >= 0.3 is 0 Å². The lowest BCUT2D eigenvalue weighted by Crippen LogP contribution is -2.27. The van der Waals surface area contributed by atoms with Crippen molar-refractivity contribution in [2.75, 3.05) is 18.9 Å². The Morgan fingerprint density at radius 3 is 2.81 bits per heavy atom. The number of hydrogen-bond donors (Lipinski definition) is 1. The number of aromatic nitrogens is 1. The van der Waals surface area contributed by atoms with E-state index in [4.69, 9.17) is 0 Å². The molecule has 2 aromatic heterocycles. The number of carbonyl (C=O) groups excluding carboxylic acids is 1. The lowest BCUT2D eigenvalue weighted by atomic mass is 10.2. The molecule has 1 amide bonds. The molecule has 112 valence electrons. The van der Waals surface area contributed by atoms with Crippen LogP contribution in [0.4, 0.5) is 5.82 Å². The molecule has 1 N–H and O–H groups in total. The smallest absolute Gasteiger partial charge is 0.257 e. The van der Waals surface area contributed by atoms with Gasteiger partial charge in [-0.3, -0.25) is 4.79 Å². The molecule has 0 atom stereocenters. The summed E-state index contributed by atoms with van der Waals surface area (Å²) < 4.78 is 1.86. The monoisotopic (exact) mass is 431 g/mol. The van der Waals surface area contributed by atoms with Gasteiger partial charge < -0.3 is 10.2 Å². The summed E-state index contributed by atoms with van der Waals surface area (Å²) in [5, 5.41) is 5.16. The number of halogens is 2. The molecule has 2 aromatic rings. The van der Waals surface area contributed by atoms with E-state index in [-0.39, 0.29) is 5.91 Å². The fourth-order valence-electron chi connectivity index (χ4n) is 1.89. The van der Waals surface area contributed by atoms with Crippen molar-refractivity contribution in [3.63, 3.8) is 0 Å². The van der Waals surface area contributed by atoms with E-state index in [1.165, 1.54) is 0 Å².